The SMILES string of the molecule is COc1cc(Nc2cc(C)nc(NCc3cccc(C)c3)n2)cc(OC)c1OC. The highest BCUT2D eigenvalue weighted by atomic mass is 16.5. The van der Waals surface area contributed by atoms with Gasteiger partial charge in [-0.15, -0.1) is 0 Å². The van der Waals surface area contributed by atoms with Gasteiger partial charge in [0.2, 0.25) is 11.7 Å². The highest BCUT2D eigenvalue weighted by Gasteiger charge is 2.14. The van der Waals surface area contributed by atoms with Crippen molar-refractivity contribution >= 4 is 17.5 Å². The Morgan fingerprint density at radius 1 is 0.862 bits per heavy atom. The Kier molecular flexibility index (Phi) is 6.39. The molecule has 1 heterocycles. The second kappa shape index (κ2) is 9.14. The summed E-state index contributed by atoms with van der Waals surface area (Å²) in [6, 6.07) is 13.9. The molecular formula is C22H26N4O3. The Labute approximate surface area is 171 Å². The van der Waals surface area contributed by atoms with Crippen molar-refractivity contribution in [2.24, 2.45) is 0 Å². The van der Waals surface area contributed by atoms with Crippen LogP contribution in [0.1, 0.15) is 16.8 Å². The van der Waals surface area contributed by atoms with Crippen LogP contribution in [0.2, 0.25) is 0 Å². The molecular weight excluding hydrogens is 368 g/mol. The average Bonchev–Trinajstić information content (AvgIpc) is 2.71. The Balaban J connectivity index is 1.81. The first-order valence-corrected chi connectivity index (χ1v) is 9.24. The monoisotopic (exact) mass is 394 g/mol. The van der Waals surface area contributed by atoms with Crippen LogP contribution in [0.15, 0.2) is 42.5 Å². The minimum atomic E-state index is 0.542. The summed E-state index contributed by atoms with van der Waals surface area (Å²) in [5, 5.41) is 6.57. The molecule has 0 saturated heterocycles. The van der Waals surface area contributed by atoms with Crippen molar-refractivity contribution in [1.29, 1.82) is 0 Å². The number of rotatable bonds is 8. The molecule has 152 valence electrons. The van der Waals surface area contributed by atoms with Gasteiger partial charge in [0.1, 0.15) is 5.82 Å². The first-order chi connectivity index (χ1) is 14.0. The fraction of sp³-hybridized carbons (Fsp3) is 0.273. The van der Waals surface area contributed by atoms with Crippen LogP contribution in [-0.2, 0) is 6.54 Å². The van der Waals surface area contributed by atoms with Crippen molar-refractivity contribution in [1.82, 2.24) is 9.97 Å². The number of anilines is 3. The second-order valence-electron chi connectivity index (χ2n) is 6.60. The van der Waals surface area contributed by atoms with Crippen LogP contribution in [0.3, 0.4) is 0 Å². The lowest BCUT2D eigenvalue weighted by Crippen LogP contribution is -2.06. The largest absolute Gasteiger partial charge is 0.493 e. The lowest BCUT2D eigenvalue weighted by molar-refractivity contribution is 0.324. The Bertz CT molecular complexity index is 967. The molecule has 29 heavy (non-hydrogen) atoms. The maximum Gasteiger partial charge on any atom is 0.225 e. The number of nitrogens with zero attached hydrogens (tertiary/aromatic N) is 2. The summed E-state index contributed by atoms with van der Waals surface area (Å²) in [5.74, 6) is 2.90. The van der Waals surface area contributed by atoms with Gasteiger partial charge in [-0.2, -0.15) is 4.98 Å². The lowest BCUT2D eigenvalue weighted by atomic mass is 10.1. The van der Waals surface area contributed by atoms with Crippen LogP contribution in [0, 0.1) is 13.8 Å². The van der Waals surface area contributed by atoms with E-state index in [1.54, 1.807) is 21.3 Å². The van der Waals surface area contributed by atoms with E-state index in [0.717, 1.165) is 11.4 Å². The molecule has 1 aromatic heterocycles. The normalized spacial score (nSPS) is 10.4. The number of ether oxygens (including phenoxy) is 3. The molecule has 0 bridgehead atoms. The van der Waals surface area contributed by atoms with Gasteiger partial charge in [-0.3, -0.25) is 0 Å². The summed E-state index contributed by atoms with van der Waals surface area (Å²) in [7, 11) is 4.75. The summed E-state index contributed by atoms with van der Waals surface area (Å²) in [6.45, 7) is 4.65. The second-order valence-corrected chi connectivity index (χ2v) is 6.60. The van der Waals surface area contributed by atoms with Gasteiger partial charge in [-0.05, 0) is 19.4 Å². The van der Waals surface area contributed by atoms with E-state index in [2.05, 4.69) is 45.7 Å². The topological polar surface area (TPSA) is 77.5 Å². The fourth-order valence-corrected chi connectivity index (χ4v) is 3.02. The van der Waals surface area contributed by atoms with Crippen molar-refractivity contribution in [2.45, 2.75) is 20.4 Å². The van der Waals surface area contributed by atoms with Gasteiger partial charge in [-0.1, -0.05) is 29.8 Å². The first-order valence-electron chi connectivity index (χ1n) is 9.24. The third-order valence-electron chi connectivity index (χ3n) is 4.32. The molecule has 3 aromatic rings. The molecule has 0 atom stereocenters. The van der Waals surface area contributed by atoms with E-state index in [1.807, 2.05) is 31.2 Å². The molecule has 2 aromatic carbocycles. The molecule has 0 aliphatic carbocycles. The highest BCUT2D eigenvalue weighted by Crippen LogP contribution is 2.40. The molecule has 0 spiro atoms. The Morgan fingerprint density at radius 2 is 1.59 bits per heavy atom. The smallest absolute Gasteiger partial charge is 0.225 e. The maximum atomic E-state index is 5.41. The third-order valence-corrected chi connectivity index (χ3v) is 4.32. The molecule has 3 rings (SSSR count). The molecule has 0 aliphatic rings. The Morgan fingerprint density at radius 3 is 2.21 bits per heavy atom. The lowest BCUT2D eigenvalue weighted by Gasteiger charge is -2.15. The summed E-state index contributed by atoms with van der Waals surface area (Å²) in [4.78, 5) is 9.05. The Hall–Kier alpha value is -3.48. The summed E-state index contributed by atoms with van der Waals surface area (Å²) in [5.41, 5.74) is 4.01. The number of methoxy groups -OCH3 is 3. The number of benzene rings is 2. The molecule has 0 unspecified atom stereocenters. The molecule has 7 nitrogen and oxygen atoms in total. The summed E-state index contributed by atoms with van der Waals surface area (Å²) >= 11 is 0. The zero-order valence-corrected chi connectivity index (χ0v) is 17.4. The number of hydrogen-bond donors (Lipinski definition) is 2. The standard InChI is InChI=1S/C22H26N4O3/c1-14-7-6-8-16(9-14)13-23-22-24-15(2)10-20(26-22)25-17-11-18(27-3)21(29-5)19(12-17)28-4/h6-12H,13H2,1-5H3,(H2,23,24,25,26). The van der Waals surface area contributed by atoms with Gasteiger partial charge in [0.25, 0.3) is 0 Å². The van der Waals surface area contributed by atoms with Crippen LogP contribution >= 0.6 is 0 Å². The van der Waals surface area contributed by atoms with Crippen LogP contribution < -0.4 is 24.8 Å². The van der Waals surface area contributed by atoms with Gasteiger partial charge >= 0.3 is 0 Å². The predicted molar refractivity (Wildman–Crippen MR) is 115 cm³/mol. The molecule has 0 fully saturated rings. The number of hydrogen-bond acceptors (Lipinski definition) is 7. The summed E-state index contributed by atoms with van der Waals surface area (Å²) < 4.78 is 16.2. The molecule has 0 saturated carbocycles. The predicted octanol–water partition coefficient (Wildman–Crippen LogP) is 4.47. The summed E-state index contributed by atoms with van der Waals surface area (Å²) in [6.07, 6.45) is 0. The van der Waals surface area contributed by atoms with Crippen molar-refractivity contribution in [3.05, 3.63) is 59.3 Å². The minimum absolute atomic E-state index is 0.542. The quantitative estimate of drug-likeness (QED) is 0.583. The molecule has 0 amide bonds. The van der Waals surface area contributed by atoms with Crippen LogP contribution in [0.4, 0.5) is 17.5 Å². The molecule has 2 N–H and O–H groups in total. The third kappa shape index (κ3) is 5.07. The van der Waals surface area contributed by atoms with Crippen molar-refractivity contribution in [2.75, 3.05) is 32.0 Å². The molecule has 7 heteroatoms. The number of aromatic nitrogens is 2. The van der Waals surface area contributed by atoms with Gasteiger partial charge in [0.15, 0.2) is 11.5 Å². The van der Waals surface area contributed by atoms with E-state index < -0.39 is 0 Å². The van der Waals surface area contributed by atoms with Crippen LogP contribution in [-0.4, -0.2) is 31.3 Å². The zero-order valence-electron chi connectivity index (χ0n) is 17.4. The van der Waals surface area contributed by atoms with Gasteiger partial charge in [0.05, 0.1) is 21.3 Å². The average molecular weight is 394 g/mol. The van der Waals surface area contributed by atoms with Crippen molar-refractivity contribution in [3.8, 4) is 17.2 Å². The van der Waals surface area contributed by atoms with Crippen LogP contribution in [0.25, 0.3) is 0 Å². The fourth-order valence-electron chi connectivity index (χ4n) is 3.02. The molecule has 0 aliphatic heterocycles. The maximum absolute atomic E-state index is 5.41. The van der Waals surface area contributed by atoms with E-state index in [4.69, 9.17) is 14.2 Å². The first kappa shape index (κ1) is 20.3. The van der Waals surface area contributed by atoms with Gasteiger partial charge in [0, 0.05) is 36.1 Å². The molecule has 0 radical (unpaired) electrons. The number of nitrogens with one attached hydrogen (secondary N) is 2. The van der Waals surface area contributed by atoms with Crippen LogP contribution in [0.5, 0.6) is 17.2 Å². The van der Waals surface area contributed by atoms with Crippen molar-refractivity contribution in [3.63, 3.8) is 0 Å². The van der Waals surface area contributed by atoms with E-state index in [9.17, 15) is 0 Å². The zero-order chi connectivity index (χ0) is 20.8. The van der Waals surface area contributed by atoms with E-state index in [0.29, 0.717) is 35.6 Å². The van der Waals surface area contributed by atoms with Gasteiger partial charge < -0.3 is 24.8 Å². The minimum Gasteiger partial charge on any atom is -0.493 e. The van der Waals surface area contributed by atoms with Gasteiger partial charge in [-0.25, -0.2) is 4.98 Å². The highest BCUT2D eigenvalue weighted by molar-refractivity contribution is 5.67. The van der Waals surface area contributed by atoms with E-state index in [-0.39, 0.29) is 0 Å². The number of aryl methyl sites for hydroxylation is 2. The van der Waals surface area contributed by atoms with Crippen molar-refractivity contribution < 1.29 is 14.2 Å². The van der Waals surface area contributed by atoms with E-state index >= 15 is 0 Å². The van der Waals surface area contributed by atoms with E-state index in [1.165, 1.54) is 11.1 Å².